The van der Waals surface area contributed by atoms with Crippen molar-refractivity contribution in [3.8, 4) is 11.5 Å². The molecule has 2 rings (SSSR count). The molecular formula is C17H24N4O3. The Hall–Kier alpha value is -2.70. The summed E-state index contributed by atoms with van der Waals surface area (Å²) in [7, 11) is 5.05. The maximum absolute atomic E-state index is 12.1. The lowest BCUT2D eigenvalue weighted by Crippen LogP contribution is -2.30. The average molecular weight is 332 g/mol. The van der Waals surface area contributed by atoms with Crippen LogP contribution in [0.25, 0.3) is 0 Å². The van der Waals surface area contributed by atoms with E-state index in [1.165, 1.54) is 0 Å². The van der Waals surface area contributed by atoms with E-state index in [-0.39, 0.29) is 6.03 Å². The summed E-state index contributed by atoms with van der Waals surface area (Å²) in [5.41, 5.74) is 3.83. The Morgan fingerprint density at radius 3 is 2.58 bits per heavy atom. The van der Waals surface area contributed by atoms with E-state index in [1.54, 1.807) is 32.4 Å². The zero-order valence-electron chi connectivity index (χ0n) is 14.8. The molecule has 0 radical (unpaired) electrons. The molecule has 2 aromatic rings. The predicted octanol–water partition coefficient (Wildman–Crippen LogP) is 2.42. The van der Waals surface area contributed by atoms with Gasteiger partial charge in [0.1, 0.15) is 11.5 Å². The van der Waals surface area contributed by atoms with E-state index in [0.717, 1.165) is 23.4 Å². The van der Waals surface area contributed by atoms with Crippen molar-refractivity contribution >= 4 is 11.7 Å². The molecule has 0 aliphatic heterocycles. The van der Waals surface area contributed by atoms with Crippen LogP contribution in [0.5, 0.6) is 11.5 Å². The van der Waals surface area contributed by atoms with E-state index in [2.05, 4.69) is 15.7 Å². The number of nitrogens with zero attached hydrogens (tertiary/aromatic N) is 2. The summed E-state index contributed by atoms with van der Waals surface area (Å²) in [4.78, 5) is 12.1. The van der Waals surface area contributed by atoms with Gasteiger partial charge < -0.3 is 20.1 Å². The highest BCUT2D eigenvalue weighted by atomic mass is 16.5. The number of carbonyl (C=O) groups excluding carboxylic acids is 1. The molecule has 0 unspecified atom stereocenters. The van der Waals surface area contributed by atoms with E-state index in [9.17, 15) is 4.79 Å². The fourth-order valence-electron chi connectivity index (χ4n) is 2.56. The van der Waals surface area contributed by atoms with Crippen LogP contribution >= 0.6 is 0 Å². The van der Waals surface area contributed by atoms with E-state index < -0.39 is 0 Å². The first-order valence-corrected chi connectivity index (χ1v) is 7.72. The first-order valence-electron chi connectivity index (χ1n) is 7.72. The van der Waals surface area contributed by atoms with Gasteiger partial charge >= 0.3 is 6.03 Å². The Morgan fingerprint density at radius 1 is 1.25 bits per heavy atom. The topological polar surface area (TPSA) is 77.4 Å². The smallest absolute Gasteiger partial charge is 0.319 e. The number of amides is 2. The Morgan fingerprint density at radius 2 is 2.00 bits per heavy atom. The van der Waals surface area contributed by atoms with Crippen molar-refractivity contribution in [1.82, 2.24) is 15.1 Å². The third kappa shape index (κ3) is 3.98. The number of benzene rings is 1. The van der Waals surface area contributed by atoms with Crippen molar-refractivity contribution < 1.29 is 14.3 Å². The molecule has 0 aliphatic carbocycles. The highest BCUT2D eigenvalue weighted by Crippen LogP contribution is 2.28. The first kappa shape index (κ1) is 17.7. The molecule has 1 heterocycles. The maximum Gasteiger partial charge on any atom is 0.319 e. The predicted molar refractivity (Wildman–Crippen MR) is 93.0 cm³/mol. The molecule has 0 fully saturated rings. The summed E-state index contributed by atoms with van der Waals surface area (Å²) >= 11 is 0. The third-order valence-electron chi connectivity index (χ3n) is 3.97. The van der Waals surface area contributed by atoms with Gasteiger partial charge in [0.05, 0.1) is 25.6 Å². The lowest BCUT2D eigenvalue weighted by Gasteiger charge is -2.12. The summed E-state index contributed by atoms with van der Waals surface area (Å²) in [5, 5.41) is 10.0. The largest absolute Gasteiger partial charge is 0.497 e. The number of ether oxygens (including phenoxy) is 2. The Labute approximate surface area is 142 Å². The molecular weight excluding hydrogens is 308 g/mol. The van der Waals surface area contributed by atoms with Crippen LogP contribution in [0.15, 0.2) is 18.2 Å². The fraction of sp³-hybridized carbons (Fsp3) is 0.412. The van der Waals surface area contributed by atoms with Gasteiger partial charge in [-0.2, -0.15) is 5.10 Å². The van der Waals surface area contributed by atoms with Crippen LogP contribution in [-0.4, -0.2) is 36.6 Å². The van der Waals surface area contributed by atoms with Crippen LogP contribution in [0.1, 0.15) is 17.0 Å². The van der Waals surface area contributed by atoms with Crippen LogP contribution in [-0.2, 0) is 13.5 Å². The van der Waals surface area contributed by atoms with Gasteiger partial charge in [0.15, 0.2) is 0 Å². The Kier molecular flexibility index (Phi) is 5.68. The minimum Gasteiger partial charge on any atom is -0.497 e. The number of hydrogen-bond acceptors (Lipinski definition) is 4. The average Bonchev–Trinajstić information content (AvgIpc) is 2.80. The number of carbonyl (C=O) groups is 1. The van der Waals surface area contributed by atoms with Crippen molar-refractivity contribution in [3.63, 3.8) is 0 Å². The van der Waals surface area contributed by atoms with Crippen LogP contribution < -0.4 is 20.1 Å². The second-order valence-electron chi connectivity index (χ2n) is 5.47. The number of urea groups is 1. The second kappa shape index (κ2) is 7.72. The summed E-state index contributed by atoms with van der Waals surface area (Å²) < 4.78 is 12.3. The number of methoxy groups -OCH3 is 2. The summed E-state index contributed by atoms with van der Waals surface area (Å²) in [6.45, 7) is 4.52. The van der Waals surface area contributed by atoms with Crippen molar-refractivity contribution in [1.29, 1.82) is 0 Å². The van der Waals surface area contributed by atoms with Gasteiger partial charge in [-0.25, -0.2) is 4.79 Å². The van der Waals surface area contributed by atoms with E-state index in [1.807, 2.05) is 25.6 Å². The molecule has 0 saturated heterocycles. The van der Waals surface area contributed by atoms with Gasteiger partial charge in [-0.15, -0.1) is 0 Å². The van der Waals surface area contributed by atoms with Crippen molar-refractivity contribution in [2.24, 2.45) is 7.05 Å². The summed E-state index contributed by atoms with van der Waals surface area (Å²) in [6, 6.07) is 4.95. The molecule has 0 aliphatic rings. The molecule has 0 atom stereocenters. The normalized spacial score (nSPS) is 10.4. The van der Waals surface area contributed by atoms with Crippen LogP contribution in [0.2, 0.25) is 0 Å². The number of hydrogen-bond donors (Lipinski definition) is 2. The van der Waals surface area contributed by atoms with E-state index in [0.29, 0.717) is 23.7 Å². The second-order valence-corrected chi connectivity index (χ2v) is 5.47. The molecule has 7 nitrogen and oxygen atoms in total. The quantitative estimate of drug-likeness (QED) is 0.852. The van der Waals surface area contributed by atoms with Crippen molar-refractivity contribution in [3.05, 3.63) is 35.2 Å². The van der Waals surface area contributed by atoms with Crippen LogP contribution in [0, 0.1) is 13.8 Å². The van der Waals surface area contributed by atoms with E-state index in [4.69, 9.17) is 9.47 Å². The van der Waals surface area contributed by atoms with Gasteiger partial charge in [0.2, 0.25) is 0 Å². The van der Waals surface area contributed by atoms with E-state index >= 15 is 0 Å². The zero-order valence-corrected chi connectivity index (χ0v) is 14.8. The number of aryl methyl sites for hydroxylation is 2. The van der Waals surface area contributed by atoms with Gasteiger partial charge in [-0.05, 0) is 38.0 Å². The zero-order chi connectivity index (χ0) is 17.7. The highest BCUT2D eigenvalue weighted by Gasteiger charge is 2.11. The minimum absolute atomic E-state index is 0.291. The van der Waals surface area contributed by atoms with Crippen molar-refractivity contribution in [2.75, 3.05) is 26.1 Å². The standard InChI is InChI=1S/C17H24N4O3/c1-11-14(12(2)21(3)20-11)8-9-18-17(22)19-15-10-13(23-4)6-7-16(15)24-5/h6-7,10H,8-9H2,1-5H3,(H2,18,19,22). The minimum atomic E-state index is -0.291. The summed E-state index contributed by atoms with van der Waals surface area (Å²) in [5.74, 6) is 1.22. The molecule has 2 N–H and O–H groups in total. The number of aromatic nitrogens is 2. The van der Waals surface area contributed by atoms with Gasteiger partial charge in [0.25, 0.3) is 0 Å². The van der Waals surface area contributed by atoms with Gasteiger partial charge in [-0.1, -0.05) is 0 Å². The first-order chi connectivity index (χ1) is 11.5. The molecule has 1 aromatic heterocycles. The summed E-state index contributed by atoms with van der Waals surface area (Å²) in [6.07, 6.45) is 0.730. The maximum atomic E-state index is 12.1. The lowest BCUT2D eigenvalue weighted by atomic mass is 10.1. The molecule has 1 aromatic carbocycles. The van der Waals surface area contributed by atoms with Crippen LogP contribution in [0.3, 0.4) is 0 Å². The third-order valence-corrected chi connectivity index (χ3v) is 3.97. The van der Waals surface area contributed by atoms with Gasteiger partial charge in [-0.3, -0.25) is 4.68 Å². The Bertz CT molecular complexity index is 725. The van der Waals surface area contributed by atoms with Crippen LogP contribution in [0.4, 0.5) is 10.5 Å². The fourth-order valence-corrected chi connectivity index (χ4v) is 2.56. The SMILES string of the molecule is COc1ccc(OC)c(NC(=O)NCCc2c(C)nn(C)c2C)c1. The Balaban J connectivity index is 1.94. The molecule has 130 valence electrons. The number of anilines is 1. The van der Waals surface area contributed by atoms with Gasteiger partial charge in [0, 0.05) is 25.4 Å². The lowest BCUT2D eigenvalue weighted by molar-refractivity contribution is 0.252. The molecule has 2 amide bonds. The highest BCUT2D eigenvalue weighted by molar-refractivity contribution is 5.91. The molecule has 24 heavy (non-hydrogen) atoms. The molecule has 0 spiro atoms. The molecule has 7 heteroatoms. The monoisotopic (exact) mass is 332 g/mol. The molecule has 0 saturated carbocycles. The number of rotatable bonds is 6. The van der Waals surface area contributed by atoms with Crippen molar-refractivity contribution in [2.45, 2.75) is 20.3 Å². The molecule has 0 bridgehead atoms. The number of nitrogens with one attached hydrogen (secondary N) is 2.